The van der Waals surface area contributed by atoms with Gasteiger partial charge in [0.25, 0.3) is 0 Å². The predicted octanol–water partition coefficient (Wildman–Crippen LogP) is 4.31. The van der Waals surface area contributed by atoms with Gasteiger partial charge in [0.1, 0.15) is 0 Å². The molecule has 3 heteroatoms. The SMILES string of the molecule is Nc1ccc(Cl)c(C(=O)c2cccc3ccccc23)c1. The lowest BCUT2D eigenvalue weighted by atomic mass is 9.97. The van der Waals surface area contributed by atoms with Gasteiger partial charge >= 0.3 is 0 Å². The molecular weight excluding hydrogens is 270 g/mol. The van der Waals surface area contributed by atoms with Crippen molar-refractivity contribution < 1.29 is 4.79 Å². The average molecular weight is 282 g/mol. The number of nitrogen functional groups attached to an aromatic ring is 1. The molecule has 0 atom stereocenters. The smallest absolute Gasteiger partial charge is 0.195 e. The number of halogens is 1. The van der Waals surface area contributed by atoms with E-state index in [9.17, 15) is 4.79 Å². The third-order valence-electron chi connectivity index (χ3n) is 3.27. The number of anilines is 1. The highest BCUT2D eigenvalue weighted by Gasteiger charge is 2.15. The number of fused-ring (bicyclic) bond motifs is 1. The number of rotatable bonds is 2. The second-order valence-corrected chi connectivity index (χ2v) is 5.00. The second kappa shape index (κ2) is 4.99. The molecule has 3 aromatic carbocycles. The van der Waals surface area contributed by atoms with Gasteiger partial charge in [-0.3, -0.25) is 4.79 Å². The molecule has 3 aromatic rings. The van der Waals surface area contributed by atoms with E-state index in [1.807, 2.05) is 42.5 Å². The van der Waals surface area contributed by atoms with E-state index in [0.29, 0.717) is 21.8 Å². The highest BCUT2D eigenvalue weighted by atomic mass is 35.5. The summed E-state index contributed by atoms with van der Waals surface area (Å²) in [4.78, 5) is 12.7. The summed E-state index contributed by atoms with van der Waals surface area (Å²) in [7, 11) is 0. The molecule has 0 aromatic heterocycles. The third kappa shape index (κ3) is 2.15. The maximum absolute atomic E-state index is 12.7. The minimum absolute atomic E-state index is 0.112. The summed E-state index contributed by atoms with van der Waals surface area (Å²) in [6, 6.07) is 18.4. The summed E-state index contributed by atoms with van der Waals surface area (Å²) >= 11 is 6.12. The molecule has 0 aliphatic heterocycles. The average Bonchev–Trinajstić information content (AvgIpc) is 2.48. The van der Waals surface area contributed by atoms with Crippen LogP contribution in [0.15, 0.2) is 60.7 Å². The zero-order chi connectivity index (χ0) is 14.1. The molecule has 0 spiro atoms. The van der Waals surface area contributed by atoms with E-state index >= 15 is 0 Å². The number of nitrogens with two attached hydrogens (primary N) is 1. The molecule has 0 unspecified atom stereocenters. The molecule has 0 heterocycles. The van der Waals surface area contributed by atoms with Gasteiger partial charge in [-0.25, -0.2) is 0 Å². The van der Waals surface area contributed by atoms with Crippen LogP contribution in [-0.4, -0.2) is 5.78 Å². The lowest BCUT2D eigenvalue weighted by Crippen LogP contribution is -2.04. The van der Waals surface area contributed by atoms with Crippen molar-refractivity contribution in [1.82, 2.24) is 0 Å². The van der Waals surface area contributed by atoms with Gasteiger partial charge in [0, 0.05) is 16.8 Å². The molecule has 0 saturated carbocycles. The molecule has 20 heavy (non-hydrogen) atoms. The maximum Gasteiger partial charge on any atom is 0.195 e. The Hall–Kier alpha value is -2.32. The van der Waals surface area contributed by atoms with Gasteiger partial charge in [-0.2, -0.15) is 0 Å². The molecular formula is C17H12ClNO. The van der Waals surface area contributed by atoms with Crippen LogP contribution in [0.25, 0.3) is 10.8 Å². The van der Waals surface area contributed by atoms with Gasteiger partial charge in [-0.1, -0.05) is 54.1 Å². The van der Waals surface area contributed by atoms with Crippen molar-refractivity contribution in [2.24, 2.45) is 0 Å². The van der Waals surface area contributed by atoms with Gasteiger partial charge in [-0.15, -0.1) is 0 Å². The Morgan fingerprint density at radius 2 is 1.65 bits per heavy atom. The van der Waals surface area contributed by atoms with Crippen LogP contribution in [-0.2, 0) is 0 Å². The second-order valence-electron chi connectivity index (χ2n) is 4.60. The number of hydrogen-bond acceptors (Lipinski definition) is 2. The number of carbonyl (C=O) groups is 1. The van der Waals surface area contributed by atoms with Crippen molar-refractivity contribution in [2.75, 3.05) is 5.73 Å². The number of hydrogen-bond donors (Lipinski definition) is 1. The summed E-state index contributed by atoms with van der Waals surface area (Å²) in [6.45, 7) is 0. The largest absolute Gasteiger partial charge is 0.399 e. The molecule has 2 nitrogen and oxygen atoms in total. The first-order valence-electron chi connectivity index (χ1n) is 6.24. The minimum Gasteiger partial charge on any atom is -0.399 e. The van der Waals surface area contributed by atoms with Crippen LogP contribution >= 0.6 is 11.6 Å². The number of ketones is 1. The normalized spacial score (nSPS) is 10.7. The van der Waals surface area contributed by atoms with Crippen LogP contribution in [0.5, 0.6) is 0 Å². The van der Waals surface area contributed by atoms with Crippen molar-refractivity contribution in [3.8, 4) is 0 Å². The fourth-order valence-corrected chi connectivity index (χ4v) is 2.49. The summed E-state index contributed by atoms with van der Waals surface area (Å²) < 4.78 is 0. The van der Waals surface area contributed by atoms with Gasteiger partial charge in [0.2, 0.25) is 0 Å². The van der Waals surface area contributed by atoms with E-state index in [2.05, 4.69) is 0 Å². The molecule has 0 aliphatic rings. The van der Waals surface area contributed by atoms with Crippen molar-refractivity contribution in [2.45, 2.75) is 0 Å². The Labute approximate surface area is 121 Å². The fraction of sp³-hybridized carbons (Fsp3) is 0. The predicted molar refractivity (Wildman–Crippen MR) is 83.2 cm³/mol. The Morgan fingerprint density at radius 3 is 2.50 bits per heavy atom. The van der Waals surface area contributed by atoms with E-state index in [1.54, 1.807) is 18.2 Å². The zero-order valence-corrected chi connectivity index (χ0v) is 11.4. The lowest BCUT2D eigenvalue weighted by molar-refractivity contribution is 0.104. The Bertz CT molecular complexity index is 806. The van der Waals surface area contributed by atoms with Gasteiger partial charge in [-0.05, 0) is 29.0 Å². The molecule has 0 amide bonds. The van der Waals surface area contributed by atoms with E-state index in [0.717, 1.165) is 10.8 Å². The molecule has 2 N–H and O–H groups in total. The van der Waals surface area contributed by atoms with Crippen LogP contribution in [0.3, 0.4) is 0 Å². The first kappa shape index (κ1) is 12.7. The topological polar surface area (TPSA) is 43.1 Å². The van der Waals surface area contributed by atoms with Crippen molar-refractivity contribution in [1.29, 1.82) is 0 Å². The monoisotopic (exact) mass is 281 g/mol. The zero-order valence-electron chi connectivity index (χ0n) is 10.6. The maximum atomic E-state index is 12.7. The van der Waals surface area contributed by atoms with Crippen LogP contribution in [0.4, 0.5) is 5.69 Å². The number of benzene rings is 3. The molecule has 0 bridgehead atoms. The van der Waals surface area contributed by atoms with Crippen LogP contribution < -0.4 is 5.73 Å². The molecule has 98 valence electrons. The summed E-state index contributed by atoms with van der Waals surface area (Å²) in [6.07, 6.45) is 0. The van der Waals surface area contributed by atoms with E-state index < -0.39 is 0 Å². The van der Waals surface area contributed by atoms with Crippen molar-refractivity contribution >= 4 is 33.8 Å². The Kier molecular flexibility index (Phi) is 3.17. The van der Waals surface area contributed by atoms with Crippen LogP contribution in [0.2, 0.25) is 5.02 Å². The quantitative estimate of drug-likeness (QED) is 0.562. The van der Waals surface area contributed by atoms with Gasteiger partial charge in [0.05, 0.1) is 5.02 Å². The molecule has 3 rings (SSSR count). The van der Waals surface area contributed by atoms with Gasteiger partial charge in [0.15, 0.2) is 5.78 Å². The third-order valence-corrected chi connectivity index (χ3v) is 3.60. The Morgan fingerprint density at radius 1 is 0.900 bits per heavy atom. The molecule has 0 radical (unpaired) electrons. The van der Waals surface area contributed by atoms with E-state index in [-0.39, 0.29) is 5.78 Å². The first-order valence-corrected chi connectivity index (χ1v) is 6.62. The van der Waals surface area contributed by atoms with Crippen LogP contribution in [0.1, 0.15) is 15.9 Å². The lowest BCUT2D eigenvalue weighted by Gasteiger charge is -2.08. The minimum atomic E-state index is -0.112. The molecule has 0 fully saturated rings. The summed E-state index contributed by atoms with van der Waals surface area (Å²) in [5.41, 5.74) is 7.34. The van der Waals surface area contributed by atoms with Crippen molar-refractivity contribution in [3.63, 3.8) is 0 Å². The van der Waals surface area contributed by atoms with Gasteiger partial charge < -0.3 is 5.73 Å². The summed E-state index contributed by atoms with van der Waals surface area (Å²) in [5, 5.41) is 2.36. The van der Waals surface area contributed by atoms with Crippen LogP contribution in [0, 0.1) is 0 Å². The van der Waals surface area contributed by atoms with E-state index in [1.165, 1.54) is 0 Å². The van der Waals surface area contributed by atoms with E-state index in [4.69, 9.17) is 17.3 Å². The summed E-state index contributed by atoms with van der Waals surface area (Å²) in [5.74, 6) is -0.112. The number of carbonyl (C=O) groups excluding carboxylic acids is 1. The molecule has 0 saturated heterocycles. The standard InChI is InChI=1S/C17H12ClNO/c18-16-9-8-12(19)10-15(16)17(20)14-7-3-5-11-4-1-2-6-13(11)14/h1-10H,19H2. The first-order chi connectivity index (χ1) is 9.66. The Balaban J connectivity index is 2.20. The highest BCUT2D eigenvalue weighted by Crippen LogP contribution is 2.26. The van der Waals surface area contributed by atoms with Crippen molar-refractivity contribution in [3.05, 3.63) is 76.8 Å². The fourth-order valence-electron chi connectivity index (χ4n) is 2.29. The molecule has 0 aliphatic carbocycles. The highest BCUT2D eigenvalue weighted by molar-refractivity contribution is 6.35.